The Bertz CT molecular complexity index is 715. The molecule has 0 N–H and O–H groups in total. The highest BCUT2D eigenvalue weighted by Gasteiger charge is 2.31. The van der Waals surface area contributed by atoms with Crippen molar-refractivity contribution in [2.24, 2.45) is 0 Å². The lowest BCUT2D eigenvalue weighted by Crippen LogP contribution is -2.38. The summed E-state index contributed by atoms with van der Waals surface area (Å²) >= 11 is 1.56. The maximum atomic E-state index is 13.2. The molecule has 24 heavy (non-hydrogen) atoms. The summed E-state index contributed by atoms with van der Waals surface area (Å²) < 4.78 is 32.9. The molecule has 0 fully saturated rings. The maximum absolute atomic E-state index is 13.2. The molecule has 0 aliphatic rings. The number of nitrogens with zero attached hydrogens (tertiary/aromatic N) is 3. The van der Waals surface area contributed by atoms with Crippen molar-refractivity contribution in [3.8, 4) is 0 Å². The Morgan fingerprint density at radius 2 is 1.92 bits per heavy atom. The van der Waals surface area contributed by atoms with Gasteiger partial charge < -0.3 is 9.42 Å². The van der Waals surface area contributed by atoms with E-state index in [4.69, 9.17) is 4.52 Å². The lowest BCUT2D eigenvalue weighted by atomic mass is 10.4. The molecule has 2 heterocycles. The normalized spacial score (nSPS) is 12.4. The number of likely N-dealkylation sites (N-methyl/N-ethyl adjacent to an activating group) is 1. The van der Waals surface area contributed by atoms with Crippen molar-refractivity contribution < 1.29 is 12.9 Å². The van der Waals surface area contributed by atoms with Gasteiger partial charge in [0.05, 0.1) is 0 Å². The van der Waals surface area contributed by atoms with E-state index in [2.05, 4.69) is 23.9 Å². The SMILES string of the molecule is CCN(CC)CCN(Cc1cccs1)S(=O)(=O)c1c(C)noc1C. The van der Waals surface area contributed by atoms with Crippen LogP contribution in [0.4, 0.5) is 0 Å². The molecule has 0 atom stereocenters. The number of aromatic nitrogens is 1. The number of thiophene rings is 1. The van der Waals surface area contributed by atoms with Crippen LogP contribution >= 0.6 is 11.3 Å². The first kappa shape index (κ1) is 19.1. The summed E-state index contributed by atoms with van der Waals surface area (Å²) in [6.45, 7) is 10.8. The van der Waals surface area contributed by atoms with Crippen LogP contribution in [0.3, 0.4) is 0 Å². The van der Waals surface area contributed by atoms with Crippen LogP contribution in [0.2, 0.25) is 0 Å². The first-order valence-electron chi connectivity index (χ1n) is 8.07. The predicted octanol–water partition coefficient (Wildman–Crippen LogP) is 2.89. The maximum Gasteiger partial charge on any atom is 0.248 e. The largest absolute Gasteiger partial charge is 0.360 e. The van der Waals surface area contributed by atoms with E-state index in [-0.39, 0.29) is 4.90 Å². The summed E-state index contributed by atoms with van der Waals surface area (Å²) in [5.74, 6) is 0.339. The van der Waals surface area contributed by atoms with Gasteiger partial charge in [0, 0.05) is 24.5 Å². The van der Waals surface area contributed by atoms with Crippen molar-refractivity contribution in [1.29, 1.82) is 0 Å². The molecule has 0 saturated carbocycles. The number of hydrogen-bond donors (Lipinski definition) is 0. The van der Waals surface area contributed by atoms with Gasteiger partial charge in [0.2, 0.25) is 10.0 Å². The molecule has 2 rings (SSSR count). The van der Waals surface area contributed by atoms with Crippen LogP contribution in [0.1, 0.15) is 30.2 Å². The van der Waals surface area contributed by atoms with E-state index in [0.717, 1.165) is 18.0 Å². The van der Waals surface area contributed by atoms with Gasteiger partial charge in [-0.1, -0.05) is 25.1 Å². The van der Waals surface area contributed by atoms with Gasteiger partial charge >= 0.3 is 0 Å². The number of hydrogen-bond acceptors (Lipinski definition) is 6. The van der Waals surface area contributed by atoms with Gasteiger partial charge in [-0.25, -0.2) is 8.42 Å². The molecule has 134 valence electrons. The second kappa shape index (κ2) is 8.24. The van der Waals surface area contributed by atoms with E-state index in [1.807, 2.05) is 17.5 Å². The van der Waals surface area contributed by atoms with Crippen LogP contribution in [-0.4, -0.2) is 49.0 Å². The van der Waals surface area contributed by atoms with Crippen LogP contribution in [0.5, 0.6) is 0 Å². The summed E-state index contributed by atoms with van der Waals surface area (Å²) in [7, 11) is -3.65. The first-order valence-corrected chi connectivity index (χ1v) is 10.4. The van der Waals surface area contributed by atoms with Crippen LogP contribution in [0, 0.1) is 13.8 Å². The van der Waals surface area contributed by atoms with Crippen molar-refractivity contribution >= 4 is 21.4 Å². The zero-order valence-corrected chi connectivity index (χ0v) is 16.3. The van der Waals surface area contributed by atoms with Gasteiger partial charge in [-0.2, -0.15) is 4.31 Å². The molecule has 8 heteroatoms. The third-order valence-electron chi connectivity index (χ3n) is 4.04. The Hall–Kier alpha value is -1.22. The minimum Gasteiger partial charge on any atom is -0.360 e. The molecular formula is C16H25N3O3S2. The van der Waals surface area contributed by atoms with Gasteiger partial charge in [-0.05, 0) is 38.4 Å². The highest BCUT2D eigenvalue weighted by molar-refractivity contribution is 7.89. The minimum absolute atomic E-state index is 0.193. The quantitative estimate of drug-likeness (QED) is 0.678. The van der Waals surface area contributed by atoms with Crippen molar-refractivity contribution in [1.82, 2.24) is 14.4 Å². The van der Waals surface area contributed by atoms with Crippen LogP contribution < -0.4 is 0 Å². The number of rotatable bonds is 9. The molecule has 0 spiro atoms. The molecule has 0 aliphatic carbocycles. The Morgan fingerprint density at radius 1 is 1.21 bits per heavy atom. The van der Waals surface area contributed by atoms with E-state index in [1.54, 1.807) is 25.2 Å². The molecule has 0 amide bonds. The second-order valence-corrected chi connectivity index (χ2v) is 8.51. The van der Waals surface area contributed by atoms with Gasteiger partial charge in [0.1, 0.15) is 10.6 Å². The molecule has 6 nitrogen and oxygen atoms in total. The van der Waals surface area contributed by atoms with Gasteiger partial charge in [-0.3, -0.25) is 0 Å². The molecule has 0 radical (unpaired) electrons. The average molecular weight is 372 g/mol. The van der Waals surface area contributed by atoms with E-state index in [0.29, 0.717) is 31.1 Å². The van der Waals surface area contributed by atoms with Crippen molar-refractivity contribution in [2.75, 3.05) is 26.2 Å². The van der Waals surface area contributed by atoms with Crippen LogP contribution in [0.15, 0.2) is 26.9 Å². The van der Waals surface area contributed by atoms with Crippen LogP contribution in [0.25, 0.3) is 0 Å². The highest BCUT2D eigenvalue weighted by Crippen LogP contribution is 2.25. The molecule has 0 saturated heterocycles. The Kier molecular flexibility index (Phi) is 6.56. The molecular weight excluding hydrogens is 346 g/mol. The highest BCUT2D eigenvalue weighted by atomic mass is 32.2. The van der Waals surface area contributed by atoms with Crippen molar-refractivity contribution in [3.05, 3.63) is 33.8 Å². The molecule has 0 aliphatic heterocycles. The van der Waals surface area contributed by atoms with Crippen molar-refractivity contribution in [3.63, 3.8) is 0 Å². The molecule has 2 aromatic heterocycles. The summed E-state index contributed by atoms with van der Waals surface area (Å²) in [6, 6.07) is 3.89. The number of sulfonamides is 1. The Balaban J connectivity index is 2.30. The molecule has 0 bridgehead atoms. The summed E-state index contributed by atoms with van der Waals surface area (Å²) in [5, 5.41) is 5.76. The third-order valence-corrected chi connectivity index (χ3v) is 6.99. The summed E-state index contributed by atoms with van der Waals surface area (Å²) in [6.07, 6.45) is 0. The fraction of sp³-hybridized carbons (Fsp3) is 0.562. The monoisotopic (exact) mass is 371 g/mol. The van der Waals surface area contributed by atoms with E-state index in [9.17, 15) is 8.42 Å². The molecule has 2 aromatic rings. The summed E-state index contributed by atoms with van der Waals surface area (Å²) in [5.41, 5.74) is 0.409. The lowest BCUT2D eigenvalue weighted by Gasteiger charge is -2.25. The standard InChI is InChI=1S/C16H25N3O3S2/c1-5-18(6-2)9-10-19(12-15-8-7-11-23-15)24(20,21)16-13(3)17-22-14(16)4/h7-8,11H,5-6,9-10,12H2,1-4H3. The second-order valence-electron chi connectivity index (χ2n) is 5.60. The zero-order valence-electron chi connectivity index (χ0n) is 14.7. The fourth-order valence-corrected chi connectivity index (χ4v) is 5.13. The Labute approximate surface area is 148 Å². The average Bonchev–Trinajstić information content (AvgIpc) is 3.17. The smallest absolute Gasteiger partial charge is 0.248 e. The molecule has 0 unspecified atom stereocenters. The first-order chi connectivity index (χ1) is 11.4. The summed E-state index contributed by atoms with van der Waals surface area (Å²) in [4.78, 5) is 3.42. The van der Waals surface area contributed by atoms with E-state index < -0.39 is 10.0 Å². The van der Waals surface area contributed by atoms with E-state index in [1.165, 1.54) is 4.31 Å². The fourth-order valence-electron chi connectivity index (χ4n) is 2.63. The topological polar surface area (TPSA) is 66.7 Å². The number of aryl methyl sites for hydroxylation is 2. The van der Waals surface area contributed by atoms with Gasteiger partial charge in [0.15, 0.2) is 5.76 Å². The Morgan fingerprint density at radius 3 is 2.42 bits per heavy atom. The van der Waals surface area contributed by atoms with E-state index >= 15 is 0 Å². The zero-order chi connectivity index (χ0) is 17.7. The van der Waals surface area contributed by atoms with Crippen LogP contribution in [-0.2, 0) is 16.6 Å². The minimum atomic E-state index is -3.65. The lowest BCUT2D eigenvalue weighted by molar-refractivity contribution is 0.269. The molecule has 0 aromatic carbocycles. The predicted molar refractivity (Wildman–Crippen MR) is 95.7 cm³/mol. The van der Waals surface area contributed by atoms with Gasteiger partial charge in [-0.15, -0.1) is 11.3 Å². The van der Waals surface area contributed by atoms with Gasteiger partial charge in [0.25, 0.3) is 0 Å². The van der Waals surface area contributed by atoms with Crippen molar-refractivity contribution in [2.45, 2.75) is 39.1 Å². The third kappa shape index (κ3) is 4.24.